The van der Waals surface area contributed by atoms with E-state index in [9.17, 15) is 10.2 Å². The van der Waals surface area contributed by atoms with Crippen molar-refractivity contribution in [3.63, 3.8) is 0 Å². The van der Waals surface area contributed by atoms with Gasteiger partial charge >= 0.3 is 0 Å². The van der Waals surface area contributed by atoms with Crippen LogP contribution in [0.1, 0.15) is 44.7 Å². The third kappa shape index (κ3) is 2.93. The lowest BCUT2D eigenvalue weighted by Crippen LogP contribution is -2.31. The average Bonchev–Trinajstić information content (AvgIpc) is 3.07. The van der Waals surface area contributed by atoms with Gasteiger partial charge in [0, 0.05) is 17.2 Å². The van der Waals surface area contributed by atoms with Crippen molar-refractivity contribution in [3.05, 3.63) is 53.1 Å². The monoisotopic (exact) mass is 404 g/mol. The number of phenols is 2. The minimum atomic E-state index is -0.492. The van der Waals surface area contributed by atoms with Crippen molar-refractivity contribution < 1.29 is 24.1 Å². The van der Waals surface area contributed by atoms with Crippen LogP contribution >= 0.6 is 0 Å². The Hall–Kier alpha value is -3.34. The first-order valence-electron chi connectivity index (χ1n) is 10.1. The second-order valence-electron chi connectivity index (χ2n) is 8.46. The van der Waals surface area contributed by atoms with Crippen LogP contribution in [0.15, 0.2) is 46.4 Å². The molecular formula is C25H24O5. The molecule has 0 amide bonds. The van der Waals surface area contributed by atoms with Crippen LogP contribution in [-0.2, 0) is 6.61 Å². The van der Waals surface area contributed by atoms with Gasteiger partial charge in [0.1, 0.15) is 35.1 Å². The van der Waals surface area contributed by atoms with Crippen LogP contribution in [-0.4, -0.2) is 15.8 Å². The Morgan fingerprint density at radius 1 is 1.20 bits per heavy atom. The third-order valence-corrected chi connectivity index (χ3v) is 5.76. The highest BCUT2D eigenvalue weighted by molar-refractivity contribution is 5.98. The van der Waals surface area contributed by atoms with E-state index in [0.717, 1.165) is 29.5 Å². The molecule has 0 radical (unpaired) electrons. The van der Waals surface area contributed by atoms with Gasteiger partial charge in [0.25, 0.3) is 0 Å². The summed E-state index contributed by atoms with van der Waals surface area (Å²) in [6.07, 6.45) is 7.95. The Kier molecular flexibility index (Phi) is 4.10. The molecule has 2 aliphatic rings. The maximum Gasteiger partial charge on any atom is 0.170 e. The van der Waals surface area contributed by atoms with E-state index in [1.165, 1.54) is 5.57 Å². The van der Waals surface area contributed by atoms with Crippen molar-refractivity contribution in [3.8, 4) is 34.3 Å². The van der Waals surface area contributed by atoms with Gasteiger partial charge in [-0.3, -0.25) is 0 Å². The van der Waals surface area contributed by atoms with Crippen LogP contribution < -0.4 is 9.47 Å². The molecule has 0 saturated carbocycles. The van der Waals surface area contributed by atoms with Gasteiger partial charge in [0.05, 0.1) is 10.9 Å². The molecule has 0 fully saturated rings. The van der Waals surface area contributed by atoms with E-state index in [2.05, 4.69) is 19.9 Å². The molecule has 2 aromatic carbocycles. The van der Waals surface area contributed by atoms with Crippen molar-refractivity contribution in [2.24, 2.45) is 0 Å². The molecule has 0 aliphatic carbocycles. The summed E-state index contributed by atoms with van der Waals surface area (Å²) in [6, 6.07) is 6.83. The Morgan fingerprint density at radius 3 is 2.83 bits per heavy atom. The standard InChI is InChI=1S/C25H24O5/c1-14(2)5-4-9-25(3)10-8-15-11-20-21(22(27)23(15)30-25)18-13-28-19-12-16(26)6-7-17(19)24(18)29-20/h5-8,10-12,26-27H,4,9,13H2,1-3H3/t25-/m1/s1. The van der Waals surface area contributed by atoms with E-state index in [1.807, 2.05) is 25.1 Å². The zero-order valence-electron chi connectivity index (χ0n) is 17.3. The SMILES string of the molecule is CC(C)=CCC[C@]1(C)C=Cc2cc3oc4c(c3c(O)c2O1)COc1cc(O)ccc1-4. The van der Waals surface area contributed by atoms with E-state index in [0.29, 0.717) is 28.2 Å². The molecule has 0 bridgehead atoms. The molecule has 3 heterocycles. The number of ether oxygens (including phenoxy) is 2. The molecule has 154 valence electrons. The molecule has 5 rings (SSSR count). The molecule has 0 saturated heterocycles. The van der Waals surface area contributed by atoms with E-state index >= 15 is 0 Å². The quantitative estimate of drug-likeness (QED) is 0.500. The molecule has 1 atom stereocenters. The normalized spacial score (nSPS) is 18.8. The fraction of sp³-hybridized carbons (Fsp3) is 0.280. The number of hydrogen-bond donors (Lipinski definition) is 2. The first kappa shape index (κ1) is 18.7. The number of furan rings is 1. The molecule has 0 unspecified atom stereocenters. The van der Waals surface area contributed by atoms with E-state index in [-0.39, 0.29) is 18.1 Å². The van der Waals surface area contributed by atoms with E-state index in [4.69, 9.17) is 13.9 Å². The minimum absolute atomic E-state index is 0.0797. The number of benzene rings is 2. The zero-order valence-corrected chi connectivity index (χ0v) is 17.3. The number of phenolic OH excluding ortho intramolecular Hbond substituents is 2. The maximum atomic E-state index is 11.2. The summed E-state index contributed by atoms with van der Waals surface area (Å²) < 4.78 is 18.3. The van der Waals surface area contributed by atoms with Crippen molar-refractivity contribution in [1.82, 2.24) is 0 Å². The van der Waals surface area contributed by atoms with Gasteiger partial charge in [-0.05, 0) is 57.9 Å². The molecule has 1 aromatic heterocycles. The summed E-state index contributed by atoms with van der Waals surface area (Å²) in [5, 5.41) is 21.5. The number of rotatable bonds is 3. The molecule has 2 aliphatic heterocycles. The molecular weight excluding hydrogens is 380 g/mol. The van der Waals surface area contributed by atoms with Crippen molar-refractivity contribution in [1.29, 1.82) is 0 Å². The van der Waals surface area contributed by atoms with Crippen LogP contribution in [0, 0.1) is 0 Å². The molecule has 3 aromatic rings. The highest BCUT2D eigenvalue weighted by Crippen LogP contribution is 2.51. The summed E-state index contributed by atoms with van der Waals surface area (Å²) >= 11 is 0. The summed E-state index contributed by atoms with van der Waals surface area (Å²) in [7, 11) is 0. The lowest BCUT2D eigenvalue weighted by atomic mass is 9.93. The van der Waals surface area contributed by atoms with Crippen molar-refractivity contribution in [2.75, 3.05) is 0 Å². The summed E-state index contributed by atoms with van der Waals surface area (Å²) in [5.74, 6) is 1.91. The smallest absolute Gasteiger partial charge is 0.170 e. The Morgan fingerprint density at radius 2 is 2.03 bits per heavy atom. The second-order valence-corrected chi connectivity index (χ2v) is 8.46. The third-order valence-electron chi connectivity index (χ3n) is 5.76. The van der Waals surface area contributed by atoms with Gasteiger partial charge in [-0.2, -0.15) is 0 Å². The summed E-state index contributed by atoms with van der Waals surface area (Å²) in [6.45, 7) is 6.45. The van der Waals surface area contributed by atoms with Gasteiger partial charge < -0.3 is 24.1 Å². The fourth-order valence-corrected chi connectivity index (χ4v) is 4.17. The number of allylic oxidation sites excluding steroid dienone is 2. The molecule has 5 nitrogen and oxygen atoms in total. The van der Waals surface area contributed by atoms with Crippen LogP contribution in [0.2, 0.25) is 0 Å². The first-order valence-corrected chi connectivity index (χ1v) is 10.1. The van der Waals surface area contributed by atoms with Gasteiger partial charge in [0.15, 0.2) is 11.5 Å². The minimum Gasteiger partial charge on any atom is -0.508 e. The van der Waals surface area contributed by atoms with Gasteiger partial charge in [-0.1, -0.05) is 17.7 Å². The number of fused-ring (bicyclic) bond motifs is 6. The second kappa shape index (κ2) is 6.59. The van der Waals surface area contributed by atoms with Gasteiger partial charge in [-0.15, -0.1) is 0 Å². The Labute approximate surface area is 174 Å². The van der Waals surface area contributed by atoms with Crippen molar-refractivity contribution >= 4 is 17.0 Å². The lowest BCUT2D eigenvalue weighted by molar-refractivity contribution is 0.124. The Balaban J connectivity index is 1.59. The summed E-state index contributed by atoms with van der Waals surface area (Å²) in [4.78, 5) is 0. The van der Waals surface area contributed by atoms with Crippen molar-refractivity contribution in [2.45, 2.75) is 45.8 Å². The average molecular weight is 404 g/mol. The van der Waals surface area contributed by atoms with E-state index in [1.54, 1.807) is 18.2 Å². The van der Waals surface area contributed by atoms with Crippen LogP contribution in [0.4, 0.5) is 0 Å². The topological polar surface area (TPSA) is 72.1 Å². The highest BCUT2D eigenvalue weighted by atomic mass is 16.5. The number of hydrogen-bond acceptors (Lipinski definition) is 5. The zero-order chi connectivity index (χ0) is 21.0. The van der Waals surface area contributed by atoms with Gasteiger partial charge in [0.2, 0.25) is 0 Å². The fourth-order valence-electron chi connectivity index (χ4n) is 4.17. The molecule has 0 spiro atoms. The maximum absolute atomic E-state index is 11.2. The number of aromatic hydroxyl groups is 2. The molecule has 30 heavy (non-hydrogen) atoms. The lowest BCUT2D eigenvalue weighted by Gasteiger charge is -2.32. The van der Waals surface area contributed by atoms with Crippen LogP contribution in [0.5, 0.6) is 23.0 Å². The molecule has 2 N–H and O–H groups in total. The summed E-state index contributed by atoms with van der Waals surface area (Å²) in [5.41, 5.74) is 3.70. The van der Waals surface area contributed by atoms with Crippen LogP contribution in [0.3, 0.4) is 0 Å². The largest absolute Gasteiger partial charge is 0.508 e. The first-order chi connectivity index (χ1) is 14.3. The Bertz CT molecular complexity index is 1230. The van der Waals surface area contributed by atoms with E-state index < -0.39 is 5.60 Å². The molecule has 5 heteroatoms. The van der Waals surface area contributed by atoms with Gasteiger partial charge in [-0.25, -0.2) is 0 Å². The predicted octanol–water partition coefficient (Wildman–Crippen LogP) is 6.31. The highest BCUT2D eigenvalue weighted by Gasteiger charge is 2.33. The predicted molar refractivity (Wildman–Crippen MR) is 116 cm³/mol. The van der Waals surface area contributed by atoms with Crippen LogP contribution in [0.25, 0.3) is 28.4 Å².